The third-order valence-corrected chi connectivity index (χ3v) is 2.83. The van der Waals surface area contributed by atoms with Crippen molar-refractivity contribution in [3.63, 3.8) is 0 Å². The molecule has 0 saturated heterocycles. The average Bonchev–Trinajstić information content (AvgIpc) is 2.76. The molecule has 0 aliphatic heterocycles. The average molecular weight is 245 g/mol. The van der Waals surface area contributed by atoms with Crippen molar-refractivity contribution in [1.29, 1.82) is 0 Å². The van der Waals surface area contributed by atoms with Gasteiger partial charge in [-0.1, -0.05) is 41.9 Å². The predicted octanol–water partition coefficient (Wildman–Crippen LogP) is 2.37. The summed E-state index contributed by atoms with van der Waals surface area (Å²) >= 11 is 5.94. The molecule has 1 aromatic carbocycles. The van der Waals surface area contributed by atoms with Crippen molar-refractivity contribution in [3.05, 3.63) is 59.3 Å². The van der Waals surface area contributed by atoms with Gasteiger partial charge < -0.3 is 0 Å². The fraction of sp³-hybridized carbons (Fsp3) is 0.0833. The predicted molar refractivity (Wildman–Crippen MR) is 65.0 cm³/mol. The Morgan fingerprint density at radius 2 is 1.94 bits per heavy atom. The van der Waals surface area contributed by atoms with Crippen LogP contribution in [0.4, 0.5) is 0 Å². The first-order chi connectivity index (χ1) is 8.34. The van der Waals surface area contributed by atoms with E-state index >= 15 is 0 Å². The Kier molecular flexibility index (Phi) is 2.49. The molecule has 4 nitrogen and oxygen atoms in total. The number of halogens is 1. The molecular formula is C12H9ClN4. The summed E-state index contributed by atoms with van der Waals surface area (Å²) in [6, 6.07) is 10.1. The van der Waals surface area contributed by atoms with E-state index in [1.807, 2.05) is 28.8 Å². The summed E-state index contributed by atoms with van der Waals surface area (Å²) in [4.78, 5) is 3.97. The lowest BCUT2D eigenvalue weighted by Gasteiger charge is -2.00. The minimum Gasteiger partial charge on any atom is -0.282 e. The van der Waals surface area contributed by atoms with E-state index in [9.17, 15) is 0 Å². The van der Waals surface area contributed by atoms with E-state index < -0.39 is 0 Å². The topological polar surface area (TPSA) is 43.1 Å². The van der Waals surface area contributed by atoms with Crippen LogP contribution in [0.5, 0.6) is 0 Å². The Bertz CT molecular complexity index is 648. The van der Waals surface area contributed by atoms with Crippen molar-refractivity contribution in [2.24, 2.45) is 0 Å². The van der Waals surface area contributed by atoms with Gasteiger partial charge in [0.05, 0.1) is 0 Å². The van der Waals surface area contributed by atoms with Gasteiger partial charge in [0, 0.05) is 18.8 Å². The summed E-state index contributed by atoms with van der Waals surface area (Å²) in [6.07, 6.45) is 4.19. The van der Waals surface area contributed by atoms with Crippen LogP contribution < -0.4 is 0 Å². The maximum absolute atomic E-state index is 5.94. The lowest BCUT2D eigenvalue weighted by atomic mass is 10.1. The highest BCUT2D eigenvalue weighted by Gasteiger charge is 2.08. The van der Waals surface area contributed by atoms with Gasteiger partial charge >= 0.3 is 0 Å². The molecule has 0 unspecified atom stereocenters. The van der Waals surface area contributed by atoms with E-state index in [2.05, 4.69) is 27.3 Å². The molecule has 3 aromatic rings. The van der Waals surface area contributed by atoms with Crippen LogP contribution in [0.1, 0.15) is 11.4 Å². The molecule has 0 bridgehead atoms. The quantitative estimate of drug-likeness (QED) is 0.695. The molecule has 0 spiro atoms. The van der Waals surface area contributed by atoms with Crippen LogP contribution in [0.25, 0.3) is 5.65 Å². The summed E-state index contributed by atoms with van der Waals surface area (Å²) in [5, 5.41) is 8.55. The summed E-state index contributed by atoms with van der Waals surface area (Å²) in [5.41, 5.74) is 1.79. The summed E-state index contributed by atoms with van der Waals surface area (Å²) in [7, 11) is 0. The van der Waals surface area contributed by atoms with Gasteiger partial charge in [0.15, 0.2) is 10.8 Å². The van der Waals surface area contributed by atoms with E-state index in [0.717, 1.165) is 12.2 Å². The highest BCUT2D eigenvalue weighted by atomic mass is 35.5. The first kappa shape index (κ1) is 10.2. The zero-order valence-corrected chi connectivity index (χ0v) is 9.67. The molecule has 0 N–H and O–H groups in total. The van der Waals surface area contributed by atoms with Gasteiger partial charge in [-0.2, -0.15) is 0 Å². The van der Waals surface area contributed by atoms with Crippen molar-refractivity contribution in [3.8, 4) is 0 Å². The second-order valence-corrected chi connectivity index (χ2v) is 4.05. The fourth-order valence-corrected chi connectivity index (χ4v) is 1.93. The maximum Gasteiger partial charge on any atom is 0.198 e. The number of hydrogen-bond acceptors (Lipinski definition) is 3. The first-order valence-electron chi connectivity index (χ1n) is 5.22. The first-order valence-corrected chi connectivity index (χ1v) is 5.60. The van der Waals surface area contributed by atoms with Gasteiger partial charge in [-0.15, -0.1) is 10.2 Å². The van der Waals surface area contributed by atoms with Gasteiger partial charge in [-0.3, -0.25) is 4.40 Å². The number of fused-ring (bicyclic) bond motifs is 1. The van der Waals surface area contributed by atoms with Crippen LogP contribution in [0.2, 0.25) is 5.15 Å². The van der Waals surface area contributed by atoms with Gasteiger partial charge in [0.1, 0.15) is 5.82 Å². The Morgan fingerprint density at radius 3 is 2.76 bits per heavy atom. The molecule has 2 aromatic heterocycles. The standard InChI is InChI=1S/C12H9ClN4/c13-11-12-16-15-10(17(12)7-6-14-11)8-9-4-2-1-3-5-9/h1-7H,8H2. The third-order valence-electron chi connectivity index (χ3n) is 2.56. The fourth-order valence-electron chi connectivity index (χ4n) is 1.74. The maximum atomic E-state index is 5.94. The highest BCUT2D eigenvalue weighted by molar-refractivity contribution is 6.32. The number of benzene rings is 1. The smallest absolute Gasteiger partial charge is 0.198 e. The molecule has 2 heterocycles. The van der Waals surface area contributed by atoms with Crippen LogP contribution in [0, 0.1) is 0 Å². The molecule has 0 aliphatic rings. The van der Waals surface area contributed by atoms with E-state index in [-0.39, 0.29) is 0 Å². The van der Waals surface area contributed by atoms with Crippen molar-refractivity contribution in [2.75, 3.05) is 0 Å². The SMILES string of the molecule is Clc1nccn2c(Cc3ccccc3)nnc12. The number of hydrogen-bond donors (Lipinski definition) is 0. The Hall–Kier alpha value is -1.94. The number of nitrogens with zero attached hydrogens (tertiary/aromatic N) is 4. The number of rotatable bonds is 2. The Balaban J connectivity index is 2.05. The monoisotopic (exact) mass is 244 g/mol. The Labute approximate surface area is 103 Å². The summed E-state index contributed by atoms with van der Waals surface area (Å²) < 4.78 is 1.86. The molecule has 0 amide bonds. The molecule has 17 heavy (non-hydrogen) atoms. The molecule has 0 aliphatic carbocycles. The van der Waals surface area contributed by atoms with E-state index in [0.29, 0.717) is 10.8 Å². The molecular weight excluding hydrogens is 236 g/mol. The van der Waals surface area contributed by atoms with Crippen LogP contribution >= 0.6 is 11.6 Å². The molecule has 5 heteroatoms. The molecule has 0 fully saturated rings. The minimum atomic E-state index is 0.374. The summed E-state index contributed by atoms with van der Waals surface area (Å²) in [5.74, 6) is 0.857. The van der Waals surface area contributed by atoms with Crippen molar-refractivity contribution >= 4 is 17.2 Å². The van der Waals surface area contributed by atoms with Gasteiger partial charge in [0.2, 0.25) is 0 Å². The normalized spacial score (nSPS) is 10.9. The molecule has 0 atom stereocenters. The lowest BCUT2D eigenvalue weighted by molar-refractivity contribution is 0.931. The minimum absolute atomic E-state index is 0.374. The zero-order valence-electron chi connectivity index (χ0n) is 8.92. The van der Waals surface area contributed by atoms with Crippen molar-refractivity contribution in [1.82, 2.24) is 19.6 Å². The zero-order chi connectivity index (χ0) is 11.7. The second-order valence-electron chi connectivity index (χ2n) is 3.69. The Morgan fingerprint density at radius 1 is 1.12 bits per heavy atom. The highest BCUT2D eigenvalue weighted by Crippen LogP contribution is 2.14. The van der Waals surface area contributed by atoms with E-state index in [1.54, 1.807) is 6.20 Å². The van der Waals surface area contributed by atoms with Crippen LogP contribution in [-0.4, -0.2) is 19.6 Å². The van der Waals surface area contributed by atoms with Crippen molar-refractivity contribution < 1.29 is 0 Å². The summed E-state index contributed by atoms with van der Waals surface area (Å²) in [6.45, 7) is 0. The van der Waals surface area contributed by atoms with E-state index in [4.69, 9.17) is 11.6 Å². The number of aromatic nitrogens is 4. The molecule has 0 radical (unpaired) electrons. The largest absolute Gasteiger partial charge is 0.282 e. The lowest BCUT2D eigenvalue weighted by Crippen LogP contribution is -1.96. The molecule has 84 valence electrons. The third kappa shape index (κ3) is 1.87. The molecule has 0 saturated carbocycles. The molecule has 3 rings (SSSR count). The van der Waals surface area contributed by atoms with Crippen LogP contribution in [0.15, 0.2) is 42.7 Å². The van der Waals surface area contributed by atoms with Gasteiger partial charge in [0.25, 0.3) is 0 Å². The van der Waals surface area contributed by atoms with Crippen LogP contribution in [0.3, 0.4) is 0 Å². The van der Waals surface area contributed by atoms with Gasteiger partial charge in [-0.25, -0.2) is 4.98 Å². The van der Waals surface area contributed by atoms with E-state index in [1.165, 1.54) is 5.56 Å². The van der Waals surface area contributed by atoms with Crippen LogP contribution in [-0.2, 0) is 6.42 Å². The van der Waals surface area contributed by atoms with Gasteiger partial charge in [-0.05, 0) is 5.56 Å². The second kappa shape index (κ2) is 4.14. The van der Waals surface area contributed by atoms with Crippen molar-refractivity contribution in [2.45, 2.75) is 6.42 Å².